The van der Waals surface area contributed by atoms with Gasteiger partial charge in [-0.3, -0.25) is 4.90 Å². The van der Waals surface area contributed by atoms with Crippen molar-refractivity contribution in [3.05, 3.63) is 21.3 Å². The van der Waals surface area contributed by atoms with Crippen LogP contribution in [0.3, 0.4) is 0 Å². The van der Waals surface area contributed by atoms with Crippen LogP contribution in [0.25, 0.3) is 0 Å². The lowest BCUT2D eigenvalue weighted by molar-refractivity contribution is 0.201. The van der Waals surface area contributed by atoms with Gasteiger partial charge in [-0.05, 0) is 37.4 Å². The first-order valence-corrected chi connectivity index (χ1v) is 7.23. The second-order valence-corrected chi connectivity index (χ2v) is 5.72. The lowest BCUT2D eigenvalue weighted by Crippen LogP contribution is -2.36. The van der Waals surface area contributed by atoms with Crippen molar-refractivity contribution in [2.45, 2.75) is 32.4 Å². The van der Waals surface area contributed by atoms with Crippen LogP contribution in [-0.4, -0.2) is 30.6 Å². The molecule has 1 aliphatic rings. The van der Waals surface area contributed by atoms with Crippen molar-refractivity contribution in [1.82, 2.24) is 10.2 Å². The summed E-state index contributed by atoms with van der Waals surface area (Å²) in [6, 6.07) is 2.69. The molecule has 4 heteroatoms. The fourth-order valence-corrected chi connectivity index (χ4v) is 3.37. The summed E-state index contributed by atoms with van der Waals surface area (Å²) in [6.07, 6.45) is 2.47. The topological polar surface area (TPSA) is 15.3 Å². The van der Waals surface area contributed by atoms with E-state index in [9.17, 15) is 0 Å². The van der Waals surface area contributed by atoms with Gasteiger partial charge in [-0.15, -0.1) is 11.3 Å². The standard InChI is InChI=1S/C12H19ClN2S/c1-2-6-15(10-3-5-14-8-10)9-12-11(13)4-7-16-12/h4,7,10,14H,2-3,5-6,8-9H2,1H3. The van der Waals surface area contributed by atoms with Crippen molar-refractivity contribution in [2.24, 2.45) is 0 Å². The highest BCUT2D eigenvalue weighted by Gasteiger charge is 2.22. The van der Waals surface area contributed by atoms with Gasteiger partial charge in [0.05, 0.1) is 5.02 Å². The third-order valence-electron chi connectivity index (χ3n) is 3.10. The van der Waals surface area contributed by atoms with Crippen LogP contribution in [0.1, 0.15) is 24.6 Å². The normalized spacial score (nSPS) is 20.8. The molecular weight excluding hydrogens is 240 g/mol. The molecule has 0 spiro atoms. The minimum absolute atomic E-state index is 0.693. The van der Waals surface area contributed by atoms with Gasteiger partial charge in [0, 0.05) is 24.0 Å². The summed E-state index contributed by atoms with van der Waals surface area (Å²) in [5.41, 5.74) is 0. The molecule has 16 heavy (non-hydrogen) atoms. The summed E-state index contributed by atoms with van der Waals surface area (Å²) in [4.78, 5) is 3.87. The Morgan fingerprint density at radius 2 is 2.50 bits per heavy atom. The maximum atomic E-state index is 6.16. The number of nitrogens with one attached hydrogen (secondary N) is 1. The predicted molar refractivity (Wildman–Crippen MR) is 71.3 cm³/mol. The lowest BCUT2D eigenvalue weighted by atomic mass is 10.2. The van der Waals surface area contributed by atoms with Crippen LogP contribution in [0.4, 0.5) is 0 Å². The van der Waals surface area contributed by atoms with Crippen molar-refractivity contribution in [3.63, 3.8) is 0 Å². The van der Waals surface area contributed by atoms with Crippen LogP contribution in [0.2, 0.25) is 5.02 Å². The Labute approximate surface area is 107 Å². The summed E-state index contributed by atoms with van der Waals surface area (Å²) in [5, 5.41) is 6.44. The van der Waals surface area contributed by atoms with Gasteiger partial charge in [-0.2, -0.15) is 0 Å². The number of nitrogens with zero attached hydrogens (tertiary/aromatic N) is 1. The summed E-state index contributed by atoms with van der Waals surface area (Å²) in [6.45, 7) is 6.70. The Morgan fingerprint density at radius 1 is 1.62 bits per heavy atom. The van der Waals surface area contributed by atoms with E-state index in [1.807, 2.05) is 6.07 Å². The zero-order valence-electron chi connectivity index (χ0n) is 9.71. The van der Waals surface area contributed by atoms with E-state index in [0.29, 0.717) is 6.04 Å². The van der Waals surface area contributed by atoms with Gasteiger partial charge in [0.2, 0.25) is 0 Å². The zero-order chi connectivity index (χ0) is 11.4. The van der Waals surface area contributed by atoms with Gasteiger partial charge >= 0.3 is 0 Å². The third-order valence-corrected chi connectivity index (χ3v) is 4.47. The molecule has 0 amide bonds. The van der Waals surface area contributed by atoms with Crippen molar-refractivity contribution in [1.29, 1.82) is 0 Å². The van der Waals surface area contributed by atoms with E-state index in [-0.39, 0.29) is 0 Å². The van der Waals surface area contributed by atoms with E-state index in [0.717, 1.165) is 24.7 Å². The largest absolute Gasteiger partial charge is 0.315 e. The predicted octanol–water partition coefficient (Wildman–Crippen LogP) is 2.98. The first-order valence-electron chi connectivity index (χ1n) is 5.98. The molecule has 1 atom stereocenters. The molecule has 1 saturated heterocycles. The summed E-state index contributed by atoms with van der Waals surface area (Å²) >= 11 is 7.93. The average Bonchev–Trinajstić information content (AvgIpc) is 2.90. The summed E-state index contributed by atoms with van der Waals surface area (Å²) in [5.74, 6) is 0. The first kappa shape index (κ1) is 12.4. The van der Waals surface area contributed by atoms with E-state index >= 15 is 0 Å². The van der Waals surface area contributed by atoms with Gasteiger partial charge in [0.15, 0.2) is 0 Å². The number of hydrogen-bond donors (Lipinski definition) is 1. The maximum Gasteiger partial charge on any atom is 0.0558 e. The van der Waals surface area contributed by atoms with E-state index in [1.54, 1.807) is 11.3 Å². The molecule has 0 aromatic carbocycles. The molecule has 0 radical (unpaired) electrons. The Bertz CT molecular complexity index is 321. The Hall–Kier alpha value is -0.0900. The minimum Gasteiger partial charge on any atom is -0.315 e. The highest BCUT2D eigenvalue weighted by atomic mass is 35.5. The molecule has 1 fully saturated rings. The zero-order valence-corrected chi connectivity index (χ0v) is 11.3. The molecule has 1 aliphatic heterocycles. The van der Waals surface area contributed by atoms with Crippen LogP contribution in [0, 0.1) is 0 Å². The number of hydrogen-bond acceptors (Lipinski definition) is 3. The molecule has 1 aromatic heterocycles. The Balaban J connectivity index is 1.99. The van der Waals surface area contributed by atoms with Gasteiger partial charge in [0.1, 0.15) is 0 Å². The molecule has 90 valence electrons. The molecule has 1 unspecified atom stereocenters. The average molecular weight is 259 g/mol. The minimum atomic E-state index is 0.693. The van der Waals surface area contributed by atoms with Gasteiger partial charge in [0.25, 0.3) is 0 Å². The highest BCUT2D eigenvalue weighted by molar-refractivity contribution is 7.10. The third kappa shape index (κ3) is 2.98. The van der Waals surface area contributed by atoms with Crippen LogP contribution in [0.5, 0.6) is 0 Å². The van der Waals surface area contributed by atoms with Gasteiger partial charge in [-0.1, -0.05) is 18.5 Å². The quantitative estimate of drug-likeness (QED) is 0.874. The molecule has 2 heterocycles. The van der Waals surface area contributed by atoms with E-state index in [2.05, 4.69) is 22.5 Å². The monoisotopic (exact) mass is 258 g/mol. The highest BCUT2D eigenvalue weighted by Crippen LogP contribution is 2.25. The molecule has 2 rings (SSSR count). The van der Waals surface area contributed by atoms with Crippen LogP contribution < -0.4 is 5.32 Å². The van der Waals surface area contributed by atoms with Crippen LogP contribution >= 0.6 is 22.9 Å². The van der Waals surface area contributed by atoms with Crippen molar-refractivity contribution < 1.29 is 0 Å². The van der Waals surface area contributed by atoms with E-state index < -0.39 is 0 Å². The van der Waals surface area contributed by atoms with Gasteiger partial charge < -0.3 is 5.32 Å². The molecule has 1 aromatic rings. The number of rotatable bonds is 5. The number of halogens is 1. The second kappa shape index (κ2) is 6.01. The smallest absolute Gasteiger partial charge is 0.0558 e. The molecular formula is C12H19ClN2S. The second-order valence-electron chi connectivity index (χ2n) is 4.31. The summed E-state index contributed by atoms with van der Waals surface area (Å²) < 4.78 is 0. The SMILES string of the molecule is CCCN(Cc1sccc1Cl)C1CCNC1. The van der Waals surface area contributed by atoms with Crippen LogP contribution in [0.15, 0.2) is 11.4 Å². The number of thiophene rings is 1. The lowest BCUT2D eigenvalue weighted by Gasteiger charge is -2.27. The van der Waals surface area contributed by atoms with Crippen molar-refractivity contribution >= 4 is 22.9 Å². The van der Waals surface area contributed by atoms with Crippen molar-refractivity contribution in [3.8, 4) is 0 Å². The first-order chi connectivity index (χ1) is 7.81. The molecule has 1 N–H and O–H groups in total. The van der Waals surface area contributed by atoms with E-state index in [4.69, 9.17) is 11.6 Å². The Kier molecular flexibility index (Phi) is 4.65. The maximum absolute atomic E-state index is 6.16. The summed E-state index contributed by atoms with van der Waals surface area (Å²) in [7, 11) is 0. The molecule has 0 aliphatic carbocycles. The van der Waals surface area contributed by atoms with E-state index in [1.165, 1.54) is 24.3 Å². The molecule has 0 bridgehead atoms. The Morgan fingerprint density at radius 3 is 3.06 bits per heavy atom. The fourth-order valence-electron chi connectivity index (χ4n) is 2.25. The fraction of sp³-hybridized carbons (Fsp3) is 0.667. The molecule has 0 saturated carbocycles. The van der Waals surface area contributed by atoms with Gasteiger partial charge in [-0.25, -0.2) is 0 Å². The van der Waals surface area contributed by atoms with Crippen molar-refractivity contribution in [2.75, 3.05) is 19.6 Å². The molecule has 2 nitrogen and oxygen atoms in total. The van der Waals surface area contributed by atoms with Crippen LogP contribution in [-0.2, 0) is 6.54 Å².